The van der Waals surface area contributed by atoms with E-state index in [-0.39, 0.29) is 11.3 Å². The summed E-state index contributed by atoms with van der Waals surface area (Å²) in [6.45, 7) is 2.98. The normalized spacial score (nSPS) is 16.0. The van der Waals surface area contributed by atoms with Crippen LogP contribution in [0.2, 0.25) is 0 Å². The average molecular weight is 404 g/mol. The Kier molecular flexibility index (Phi) is 5.37. The second-order valence-corrected chi connectivity index (χ2v) is 7.53. The van der Waals surface area contributed by atoms with Crippen LogP contribution in [0.15, 0.2) is 36.7 Å². The smallest absolute Gasteiger partial charge is 0.165 e. The third kappa shape index (κ3) is 3.64. The zero-order valence-electron chi connectivity index (χ0n) is 15.7. The number of piperidine rings is 1. The van der Waals surface area contributed by atoms with Gasteiger partial charge >= 0.3 is 0 Å². The summed E-state index contributed by atoms with van der Waals surface area (Å²) in [6.07, 6.45) is 5.51. The highest BCUT2D eigenvalue weighted by atomic mass is 35.5. The maximum atomic E-state index is 14.3. The highest BCUT2D eigenvalue weighted by molar-refractivity contribution is 6.18. The first-order valence-corrected chi connectivity index (χ1v) is 9.94. The first-order valence-electron chi connectivity index (χ1n) is 9.41. The number of nitrogens with zero attached hydrogens (tertiary/aromatic N) is 5. The van der Waals surface area contributed by atoms with E-state index in [1.807, 2.05) is 19.3 Å². The Labute approximate surface area is 168 Å². The number of hydrogen-bond donors (Lipinski definition) is 1. The third-order valence-electron chi connectivity index (χ3n) is 5.46. The van der Waals surface area contributed by atoms with Gasteiger partial charge in [-0.1, -0.05) is 0 Å². The summed E-state index contributed by atoms with van der Waals surface area (Å²) in [5.41, 5.74) is 1.41. The van der Waals surface area contributed by atoms with Crippen molar-refractivity contribution in [1.29, 1.82) is 0 Å². The fourth-order valence-electron chi connectivity index (χ4n) is 3.80. The van der Waals surface area contributed by atoms with Gasteiger partial charge in [0, 0.05) is 55.9 Å². The summed E-state index contributed by atoms with van der Waals surface area (Å²) in [5, 5.41) is 14.0. The number of aromatic nitrogens is 3. The Morgan fingerprint density at radius 2 is 2.04 bits per heavy atom. The lowest BCUT2D eigenvalue weighted by molar-refractivity contribution is 0.221. The van der Waals surface area contributed by atoms with Crippen LogP contribution in [0.5, 0.6) is 5.75 Å². The van der Waals surface area contributed by atoms with Crippen LogP contribution in [-0.4, -0.2) is 63.2 Å². The standard InChI is InChI=1S/C20H23ClFN5O/c1-25(14-4-8-26(9-5-14)11-7-21)19-6-10-27-20(24-19)17(13-23-27)16-12-15(28)2-3-18(16)22/h2-3,6,10,12-14,28H,4-5,7-9,11H2,1H3. The van der Waals surface area contributed by atoms with Crippen LogP contribution < -0.4 is 4.90 Å². The number of phenols is 1. The molecular weight excluding hydrogens is 381 g/mol. The summed E-state index contributed by atoms with van der Waals surface area (Å²) in [5.74, 6) is 1.08. The number of alkyl halides is 1. The van der Waals surface area contributed by atoms with Gasteiger partial charge in [0.05, 0.1) is 6.20 Å². The second-order valence-electron chi connectivity index (χ2n) is 7.15. The summed E-state index contributed by atoms with van der Waals surface area (Å²) >= 11 is 5.85. The molecule has 1 N–H and O–H groups in total. The van der Waals surface area contributed by atoms with Gasteiger partial charge in [-0.2, -0.15) is 5.10 Å². The minimum absolute atomic E-state index is 0.00716. The fraction of sp³-hybridized carbons (Fsp3) is 0.400. The van der Waals surface area contributed by atoms with Crippen molar-refractivity contribution in [2.24, 2.45) is 0 Å². The van der Waals surface area contributed by atoms with E-state index in [1.165, 1.54) is 18.2 Å². The number of rotatable bonds is 5. The second kappa shape index (κ2) is 7.93. The van der Waals surface area contributed by atoms with Crippen LogP contribution in [-0.2, 0) is 0 Å². The average Bonchev–Trinajstić information content (AvgIpc) is 3.13. The fourth-order valence-corrected chi connectivity index (χ4v) is 4.04. The molecule has 1 saturated heterocycles. The molecule has 0 bridgehead atoms. The molecule has 0 atom stereocenters. The first kappa shape index (κ1) is 19.0. The zero-order chi connectivity index (χ0) is 19.7. The lowest BCUT2D eigenvalue weighted by Gasteiger charge is -2.37. The number of benzene rings is 1. The molecule has 3 heterocycles. The Hall–Kier alpha value is -2.38. The molecular formula is C20H23ClFN5O. The number of phenolic OH excluding ortho intramolecular Hbond substituents is 1. The molecule has 3 aromatic rings. The Morgan fingerprint density at radius 3 is 2.79 bits per heavy atom. The molecule has 4 rings (SSSR count). The topological polar surface area (TPSA) is 56.9 Å². The number of hydrogen-bond acceptors (Lipinski definition) is 5. The summed E-state index contributed by atoms with van der Waals surface area (Å²) in [4.78, 5) is 9.33. The quantitative estimate of drug-likeness (QED) is 0.662. The number of likely N-dealkylation sites (tertiary alicyclic amines) is 1. The summed E-state index contributed by atoms with van der Waals surface area (Å²) in [6, 6.07) is 6.29. The molecule has 0 spiro atoms. The Balaban J connectivity index is 1.62. The van der Waals surface area contributed by atoms with Crippen LogP contribution in [0, 0.1) is 5.82 Å². The van der Waals surface area contributed by atoms with E-state index >= 15 is 0 Å². The van der Waals surface area contributed by atoms with E-state index in [4.69, 9.17) is 16.6 Å². The van der Waals surface area contributed by atoms with Crippen LogP contribution >= 0.6 is 11.6 Å². The predicted molar refractivity (Wildman–Crippen MR) is 109 cm³/mol. The number of halogens is 2. The van der Waals surface area contributed by atoms with E-state index in [9.17, 15) is 9.50 Å². The van der Waals surface area contributed by atoms with E-state index < -0.39 is 5.82 Å². The summed E-state index contributed by atoms with van der Waals surface area (Å²) < 4.78 is 15.9. The maximum absolute atomic E-state index is 14.3. The molecule has 28 heavy (non-hydrogen) atoms. The van der Waals surface area contributed by atoms with Gasteiger partial charge in [-0.05, 0) is 37.1 Å². The molecule has 0 amide bonds. The zero-order valence-corrected chi connectivity index (χ0v) is 16.5. The monoisotopic (exact) mass is 403 g/mol. The Morgan fingerprint density at radius 1 is 1.25 bits per heavy atom. The van der Waals surface area contributed by atoms with Crippen LogP contribution in [0.25, 0.3) is 16.8 Å². The molecule has 1 aromatic carbocycles. The molecule has 0 aliphatic carbocycles. The van der Waals surface area contributed by atoms with Gasteiger partial charge in [0.15, 0.2) is 5.65 Å². The van der Waals surface area contributed by atoms with Crippen molar-refractivity contribution in [2.45, 2.75) is 18.9 Å². The van der Waals surface area contributed by atoms with Gasteiger partial charge in [0.2, 0.25) is 0 Å². The van der Waals surface area contributed by atoms with Crippen molar-refractivity contribution in [2.75, 3.05) is 37.5 Å². The molecule has 8 heteroatoms. The molecule has 1 fully saturated rings. The van der Waals surface area contributed by atoms with Gasteiger partial charge in [-0.25, -0.2) is 13.9 Å². The largest absolute Gasteiger partial charge is 0.508 e. The van der Waals surface area contributed by atoms with Crippen molar-refractivity contribution in [3.05, 3.63) is 42.5 Å². The molecule has 2 aromatic heterocycles. The van der Waals surface area contributed by atoms with Crippen molar-refractivity contribution >= 4 is 23.1 Å². The van der Waals surface area contributed by atoms with Crippen molar-refractivity contribution in [3.63, 3.8) is 0 Å². The Bertz CT molecular complexity index is 970. The van der Waals surface area contributed by atoms with Gasteiger partial charge < -0.3 is 14.9 Å². The van der Waals surface area contributed by atoms with E-state index in [0.29, 0.717) is 23.1 Å². The van der Waals surface area contributed by atoms with E-state index in [1.54, 1.807) is 10.7 Å². The lowest BCUT2D eigenvalue weighted by atomic mass is 10.0. The molecule has 6 nitrogen and oxygen atoms in total. The SMILES string of the molecule is CN(c1ccn2ncc(-c3cc(O)ccc3F)c2n1)C1CCN(CCCl)CC1. The molecule has 148 valence electrons. The summed E-state index contributed by atoms with van der Waals surface area (Å²) in [7, 11) is 2.05. The van der Waals surface area contributed by atoms with Crippen molar-refractivity contribution < 1.29 is 9.50 Å². The van der Waals surface area contributed by atoms with Gasteiger partial charge in [0.25, 0.3) is 0 Å². The van der Waals surface area contributed by atoms with E-state index in [0.717, 1.165) is 38.3 Å². The lowest BCUT2D eigenvalue weighted by Crippen LogP contribution is -2.44. The van der Waals surface area contributed by atoms with Crippen LogP contribution in [0.3, 0.4) is 0 Å². The molecule has 1 aliphatic rings. The minimum Gasteiger partial charge on any atom is -0.508 e. The van der Waals surface area contributed by atoms with Crippen molar-refractivity contribution in [1.82, 2.24) is 19.5 Å². The molecule has 0 radical (unpaired) electrons. The van der Waals surface area contributed by atoms with Gasteiger partial charge in [0.1, 0.15) is 17.4 Å². The number of aromatic hydroxyl groups is 1. The number of fused-ring (bicyclic) bond motifs is 1. The third-order valence-corrected chi connectivity index (χ3v) is 5.63. The molecule has 1 aliphatic heterocycles. The molecule has 0 saturated carbocycles. The minimum atomic E-state index is -0.417. The highest BCUT2D eigenvalue weighted by Crippen LogP contribution is 2.30. The van der Waals surface area contributed by atoms with Crippen molar-refractivity contribution in [3.8, 4) is 16.9 Å². The van der Waals surface area contributed by atoms with Gasteiger partial charge in [-0.15, -0.1) is 11.6 Å². The number of anilines is 1. The first-order chi connectivity index (χ1) is 13.6. The van der Waals surface area contributed by atoms with Crippen LogP contribution in [0.4, 0.5) is 10.2 Å². The van der Waals surface area contributed by atoms with Crippen LogP contribution in [0.1, 0.15) is 12.8 Å². The van der Waals surface area contributed by atoms with E-state index in [2.05, 4.69) is 14.9 Å². The maximum Gasteiger partial charge on any atom is 0.165 e. The van der Waals surface area contributed by atoms with Gasteiger partial charge in [-0.3, -0.25) is 0 Å². The highest BCUT2D eigenvalue weighted by Gasteiger charge is 2.23. The predicted octanol–water partition coefficient (Wildman–Crippen LogP) is 3.38. The molecule has 0 unspecified atom stereocenters.